The maximum absolute atomic E-state index is 12.0. The summed E-state index contributed by atoms with van der Waals surface area (Å²) in [5.41, 5.74) is 0.890. The molecule has 0 aliphatic heterocycles. The van der Waals surface area contributed by atoms with E-state index in [0.29, 0.717) is 24.5 Å². The Labute approximate surface area is 141 Å². The summed E-state index contributed by atoms with van der Waals surface area (Å²) in [5, 5.41) is 9.59. The average Bonchev–Trinajstić information content (AvgIpc) is 3.00. The molecule has 0 aliphatic carbocycles. The van der Waals surface area contributed by atoms with Crippen molar-refractivity contribution >= 4 is 15.9 Å². The SMILES string of the molecule is CNS(=O)(=O)c1ccc(CCC(=O)N[C@H](C)c2n[nH]c(C)n2)cc1. The minimum absolute atomic E-state index is 0.114. The average molecular weight is 351 g/mol. The Kier molecular flexibility index (Phi) is 5.68. The van der Waals surface area contributed by atoms with Crippen molar-refractivity contribution in [3.05, 3.63) is 41.5 Å². The maximum atomic E-state index is 12.0. The number of hydrogen-bond acceptors (Lipinski definition) is 5. The van der Waals surface area contributed by atoms with Crippen LogP contribution in [-0.2, 0) is 21.2 Å². The third-order valence-corrected chi connectivity index (χ3v) is 4.95. The number of sulfonamides is 1. The van der Waals surface area contributed by atoms with Gasteiger partial charge in [0.1, 0.15) is 5.82 Å². The number of benzene rings is 1. The van der Waals surface area contributed by atoms with E-state index in [4.69, 9.17) is 0 Å². The third-order valence-electron chi connectivity index (χ3n) is 3.52. The van der Waals surface area contributed by atoms with Crippen LogP contribution in [0.25, 0.3) is 0 Å². The second-order valence-electron chi connectivity index (χ2n) is 5.42. The van der Waals surface area contributed by atoms with E-state index in [2.05, 4.69) is 25.2 Å². The number of H-pyrrole nitrogens is 1. The molecule has 1 aromatic heterocycles. The molecule has 2 rings (SSSR count). The van der Waals surface area contributed by atoms with Gasteiger partial charge in [0, 0.05) is 6.42 Å². The molecule has 24 heavy (non-hydrogen) atoms. The van der Waals surface area contributed by atoms with Crippen molar-refractivity contribution in [1.82, 2.24) is 25.2 Å². The molecule has 1 amide bonds. The molecular weight excluding hydrogens is 330 g/mol. The standard InChI is InChI=1S/C15H21N5O3S/c1-10(15-18-11(2)19-20-15)17-14(21)9-6-12-4-7-13(8-5-12)24(22,23)16-3/h4-5,7-8,10,16H,6,9H2,1-3H3,(H,17,21)(H,18,19,20)/t10-/m1/s1. The summed E-state index contributed by atoms with van der Waals surface area (Å²) in [6, 6.07) is 6.20. The first kappa shape index (κ1) is 18.1. The number of hydrogen-bond donors (Lipinski definition) is 3. The largest absolute Gasteiger partial charge is 0.346 e. The third kappa shape index (κ3) is 4.62. The van der Waals surface area contributed by atoms with Crippen LogP contribution in [0.5, 0.6) is 0 Å². The summed E-state index contributed by atoms with van der Waals surface area (Å²) >= 11 is 0. The van der Waals surface area contributed by atoms with Crippen LogP contribution in [0.1, 0.15) is 36.6 Å². The van der Waals surface area contributed by atoms with Gasteiger partial charge in [0.05, 0.1) is 10.9 Å². The first-order valence-electron chi connectivity index (χ1n) is 7.52. The highest BCUT2D eigenvalue weighted by Gasteiger charge is 2.14. The number of aromatic nitrogens is 3. The van der Waals surface area contributed by atoms with Crippen molar-refractivity contribution < 1.29 is 13.2 Å². The fourth-order valence-electron chi connectivity index (χ4n) is 2.14. The zero-order chi connectivity index (χ0) is 17.7. The topological polar surface area (TPSA) is 117 Å². The Morgan fingerprint density at radius 1 is 1.29 bits per heavy atom. The molecule has 1 atom stereocenters. The molecule has 2 aromatic rings. The molecule has 9 heteroatoms. The number of aromatic amines is 1. The summed E-state index contributed by atoms with van der Waals surface area (Å²) in [7, 11) is -2.07. The monoisotopic (exact) mass is 351 g/mol. The lowest BCUT2D eigenvalue weighted by Crippen LogP contribution is -2.27. The Hall–Kier alpha value is -2.26. The lowest BCUT2D eigenvalue weighted by atomic mass is 10.1. The van der Waals surface area contributed by atoms with Gasteiger partial charge in [-0.3, -0.25) is 9.89 Å². The molecule has 0 aliphatic rings. The smallest absolute Gasteiger partial charge is 0.240 e. The molecule has 0 saturated heterocycles. The molecule has 3 N–H and O–H groups in total. The molecule has 0 fully saturated rings. The van der Waals surface area contributed by atoms with Crippen molar-refractivity contribution in [2.45, 2.75) is 37.6 Å². The Bertz CT molecular complexity index is 799. The zero-order valence-corrected chi connectivity index (χ0v) is 14.6. The lowest BCUT2D eigenvalue weighted by molar-refractivity contribution is -0.121. The van der Waals surface area contributed by atoms with Crippen LogP contribution in [0, 0.1) is 6.92 Å². The van der Waals surface area contributed by atoms with Gasteiger partial charge in [-0.2, -0.15) is 5.10 Å². The fourth-order valence-corrected chi connectivity index (χ4v) is 2.87. The van der Waals surface area contributed by atoms with Gasteiger partial charge in [-0.25, -0.2) is 18.1 Å². The van der Waals surface area contributed by atoms with E-state index in [1.54, 1.807) is 19.1 Å². The summed E-state index contributed by atoms with van der Waals surface area (Å²) in [4.78, 5) is 16.4. The number of rotatable bonds is 7. The minimum Gasteiger partial charge on any atom is -0.346 e. The van der Waals surface area contributed by atoms with Crippen LogP contribution in [0.2, 0.25) is 0 Å². The molecule has 1 heterocycles. The molecule has 0 saturated carbocycles. The van der Waals surface area contributed by atoms with Gasteiger partial charge in [0.2, 0.25) is 15.9 Å². The Morgan fingerprint density at radius 3 is 2.50 bits per heavy atom. The molecule has 8 nitrogen and oxygen atoms in total. The Balaban J connectivity index is 1.87. The van der Waals surface area contributed by atoms with E-state index < -0.39 is 10.0 Å². The fraction of sp³-hybridized carbons (Fsp3) is 0.400. The summed E-state index contributed by atoms with van der Waals surface area (Å²) in [5.74, 6) is 1.13. The summed E-state index contributed by atoms with van der Waals surface area (Å²) < 4.78 is 25.6. The highest BCUT2D eigenvalue weighted by atomic mass is 32.2. The molecule has 0 radical (unpaired) electrons. The van der Waals surface area contributed by atoms with Gasteiger partial charge in [-0.1, -0.05) is 12.1 Å². The molecule has 0 bridgehead atoms. The van der Waals surface area contributed by atoms with Crippen molar-refractivity contribution in [3.8, 4) is 0 Å². The molecular formula is C15H21N5O3S. The predicted octanol–water partition coefficient (Wildman–Crippen LogP) is 0.831. The summed E-state index contributed by atoms with van der Waals surface area (Å²) in [6.45, 7) is 3.61. The quantitative estimate of drug-likeness (QED) is 0.683. The van der Waals surface area contributed by atoms with E-state index in [1.165, 1.54) is 19.2 Å². The predicted molar refractivity (Wildman–Crippen MR) is 88.7 cm³/mol. The van der Waals surface area contributed by atoms with Crippen LogP contribution in [-0.4, -0.2) is 36.6 Å². The van der Waals surface area contributed by atoms with E-state index in [9.17, 15) is 13.2 Å². The number of carbonyl (C=O) groups excluding carboxylic acids is 1. The van der Waals surface area contributed by atoms with Gasteiger partial charge in [-0.15, -0.1) is 0 Å². The molecule has 130 valence electrons. The van der Waals surface area contributed by atoms with Gasteiger partial charge in [0.25, 0.3) is 0 Å². The lowest BCUT2D eigenvalue weighted by Gasteiger charge is -2.10. The number of aryl methyl sites for hydroxylation is 2. The normalized spacial score (nSPS) is 12.8. The van der Waals surface area contributed by atoms with Crippen LogP contribution in [0.15, 0.2) is 29.2 Å². The maximum Gasteiger partial charge on any atom is 0.240 e. The zero-order valence-electron chi connectivity index (χ0n) is 13.8. The van der Waals surface area contributed by atoms with Gasteiger partial charge in [0.15, 0.2) is 5.82 Å². The number of carbonyl (C=O) groups is 1. The van der Waals surface area contributed by atoms with Gasteiger partial charge >= 0.3 is 0 Å². The first-order chi connectivity index (χ1) is 11.3. The Morgan fingerprint density at radius 2 is 1.96 bits per heavy atom. The molecule has 0 spiro atoms. The molecule has 1 aromatic carbocycles. The second kappa shape index (κ2) is 7.54. The van der Waals surface area contributed by atoms with Crippen molar-refractivity contribution in [1.29, 1.82) is 0 Å². The van der Waals surface area contributed by atoms with Crippen LogP contribution in [0.4, 0.5) is 0 Å². The number of nitrogens with zero attached hydrogens (tertiary/aromatic N) is 2. The van der Waals surface area contributed by atoms with E-state index >= 15 is 0 Å². The van der Waals surface area contributed by atoms with Crippen LogP contribution in [0.3, 0.4) is 0 Å². The highest BCUT2D eigenvalue weighted by Crippen LogP contribution is 2.12. The van der Waals surface area contributed by atoms with Gasteiger partial charge < -0.3 is 5.32 Å². The first-order valence-corrected chi connectivity index (χ1v) is 9.01. The van der Waals surface area contributed by atoms with Crippen LogP contribution < -0.4 is 10.0 Å². The van der Waals surface area contributed by atoms with E-state index in [1.807, 2.05) is 6.92 Å². The number of nitrogens with one attached hydrogen (secondary N) is 3. The van der Waals surface area contributed by atoms with E-state index in [0.717, 1.165) is 5.56 Å². The van der Waals surface area contributed by atoms with Crippen molar-refractivity contribution in [3.63, 3.8) is 0 Å². The van der Waals surface area contributed by atoms with Gasteiger partial charge in [-0.05, 0) is 45.0 Å². The number of amides is 1. The highest BCUT2D eigenvalue weighted by molar-refractivity contribution is 7.89. The summed E-state index contributed by atoms with van der Waals surface area (Å²) in [6.07, 6.45) is 0.817. The minimum atomic E-state index is -3.44. The van der Waals surface area contributed by atoms with Crippen molar-refractivity contribution in [2.24, 2.45) is 0 Å². The molecule has 0 unspecified atom stereocenters. The van der Waals surface area contributed by atoms with Crippen molar-refractivity contribution in [2.75, 3.05) is 7.05 Å². The van der Waals surface area contributed by atoms with Crippen LogP contribution >= 0.6 is 0 Å². The van der Waals surface area contributed by atoms with E-state index in [-0.39, 0.29) is 16.8 Å². The second-order valence-corrected chi connectivity index (χ2v) is 7.31.